The molecule has 0 amide bonds. The Morgan fingerprint density at radius 1 is 1.04 bits per heavy atom. The molecule has 0 fully saturated rings. The number of amidine groups is 1. The van der Waals surface area contributed by atoms with E-state index in [4.69, 9.17) is 16.6 Å². The largest absolute Gasteiger partial charge is 0.376 e. The van der Waals surface area contributed by atoms with E-state index in [-0.39, 0.29) is 6.04 Å². The van der Waals surface area contributed by atoms with E-state index >= 15 is 0 Å². The van der Waals surface area contributed by atoms with Gasteiger partial charge in [0.15, 0.2) is 0 Å². The highest BCUT2D eigenvalue weighted by atomic mass is 35.5. The Kier molecular flexibility index (Phi) is 6.53. The van der Waals surface area contributed by atoms with Gasteiger partial charge < -0.3 is 15.5 Å². The van der Waals surface area contributed by atoms with E-state index in [1.165, 1.54) is 5.56 Å². The molecule has 0 saturated carbocycles. The first-order valence-electron chi connectivity index (χ1n) is 9.33. The van der Waals surface area contributed by atoms with Crippen molar-refractivity contribution in [2.75, 3.05) is 36.8 Å². The Labute approximate surface area is 161 Å². The SMILES string of the molecule is CCN(CC)CCN=C1CC(c2ccc(Cl)cc2)Nc2ccccc2N1. The van der Waals surface area contributed by atoms with Crippen LogP contribution in [-0.4, -0.2) is 36.9 Å². The molecule has 2 aromatic rings. The zero-order chi connectivity index (χ0) is 18.4. The van der Waals surface area contributed by atoms with Gasteiger partial charge in [0.05, 0.1) is 24.0 Å². The molecule has 0 bridgehead atoms. The van der Waals surface area contributed by atoms with E-state index in [0.29, 0.717) is 0 Å². The number of benzene rings is 2. The quantitative estimate of drug-likeness (QED) is 0.747. The number of rotatable bonds is 6. The van der Waals surface area contributed by atoms with Gasteiger partial charge in [0.1, 0.15) is 5.84 Å². The molecule has 0 radical (unpaired) electrons. The van der Waals surface area contributed by atoms with Crippen molar-refractivity contribution in [3.63, 3.8) is 0 Å². The van der Waals surface area contributed by atoms with Gasteiger partial charge in [0.25, 0.3) is 0 Å². The van der Waals surface area contributed by atoms with Crippen molar-refractivity contribution in [1.29, 1.82) is 0 Å². The first-order chi connectivity index (χ1) is 12.7. The molecule has 1 unspecified atom stereocenters. The summed E-state index contributed by atoms with van der Waals surface area (Å²) in [5.74, 6) is 1.02. The summed E-state index contributed by atoms with van der Waals surface area (Å²) in [6, 6.07) is 16.5. The fourth-order valence-electron chi connectivity index (χ4n) is 3.22. The first kappa shape index (κ1) is 18.7. The molecular formula is C21H27ClN4. The zero-order valence-corrected chi connectivity index (χ0v) is 16.3. The number of nitrogens with one attached hydrogen (secondary N) is 2. The van der Waals surface area contributed by atoms with E-state index in [1.807, 2.05) is 18.2 Å². The van der Waals surface area contributed by atoms with Crippen molar-refractivity contribution >= 4 is 28.8 Å². The molecule has 26 heavy (non-hydrogen) atoms. The summed E-state index contributed by atoms with van der Waals surface area (Å²) >= 11 is 6.06. The lowest BCUT2D eigenvalue weighted by atomic mass is 10.0. The Morgan fingerprint density at radius 2 is 1.73 bits per heavy atom. The van der Waals surface area contributed by atoms with E-state index in [2.05, 4.69) is 59.7 Å². The maximum atomic E-state index is 6.06. The van der Waals surface area contributed by atoms with E-state index in [0.717, 1.165) is 54.8 Å². The molecule has 2 N–H and O–H groups in total. The summed E-state index contributed by atoms with van der Waals surface area (Å²) in [5.41, 5.74) is 3.39. The van der Waals surface area contributed by atoms with Gasteiger partial charge in [-0.05, 0) is 42.9 Å². The minimum atomic E-state index is 0.163. The fraction of sp³-hybridized carbons (Fsp3) is 0.381. The van der Waals surface area contributed by atoms with Crippen LogP contribution in [0.1, 0.15) is 31.9 Å². The first-order valence-corrected chi connectivity index (χ1v) is 9.71. The molecule has 0 spiro atoms. The second-order valence-corrected chi connectivity index (χ2v) is 6.91. The average Bonchev–Trinajstić information content (AvgIpc) is 2.85. The molecule has 3 rings (SSSR count). The molecule has 0 aliphatic carbocycles. The predicted octanol–water partition coefficient (Wildman–Crippen LogP) is 5.05. The molecule has 1 heterocycles. The van der Waals surface area contributed by atoms with Gasteiger partial charge in [-0.15, -0.1) is 0 Å². The van der Waals surface area contributed by atoms with E-state index < -0.39 is 0 Å². The molecular weight excluding hydrogens is 344 g/mol. The van der Waals surface area contributed by atoms with Crippen molar-refractivity contribution in [2.45, 2.75) is 26.3 Å². The van der Waals surface area contributed by atoms with Crippen LogP contribution in [0, 0.1) is 0 Å². The van der Waals surface area contributed by atoms with Gasteiger partial charge in [-0.1, -0.05) is 49.7 Å². The van der Waals surface area contributed by atoms with Crippen LogP contribution in [0.4, 0.5) is 11.4 Å². The van der Waals surface area contributed by atoms with Crippen LogP contribution >= 0.6 is 11.6 Å². The molecule has 0 aromatic heterocycles. The van der Waals surface area contributed by atoms with Crippen LogP contribution in [0.2, 0.25) is 5.02 Å². The summed E-state index contributed by atoms with van der Waals surface area (Å²) in [6.45, 7) is 8.30. The fourth-order valence-corrected chi connectivity index (χ4v) is 3.35. The number of halogens is 1. The number of hydrogen-bond donors (Lipinski definition) is 2. The molecule has 1 aliphatic heterocycles. The van der Waals surface area contributed by atoms with Gasteiger partial charge in [-0.3, -0.25) is 4.99 Å². The smallest absolute Gasteiger partial charge is 0.103 e. The standard InChI is InChI=1S/C21H27ClN4/c1-3-26(4-2)14-13-23-21-15-20(16-9-11-17(22)12-10-16)24-18-7-5-6-8-19(18)25-21/h5-12,20,24H,3-4,13-15H2,1-2H3,(H,23,25). The summed E-state index contributed by atoms with van der Waals surface area (Å²) in [6.07, 6.45) is 0.814. The molecule has 138 valence electrons. The van der Waals surface area contributed by atoms with Crippen LogP contribution in [0.5, 0.6) is 0 Å². The van der Waals surface area contributed by atoms with Gasteiger partial charge in [-0.2, -0.15) is 0 Å². The summed E-state index contributed by atoms with van der Waals surface area (Å²) in [4.78, 5) is 7.26. The number of aliphatic imine (C=N–C) groups is 1. The Balaban J connectivity index is 1.82. The van der Waals surface area contributed by atoms with E-state index in [1.54, 1.807) is 0 Å². The molecule has 1 aliphatic rings. The highest BCUT2D eigenvalue weighted by Gasteiger charge is 2.20. The Bertz CT molecular complexity index is 738. The maximum Gasteiger partial charge on any atom is 0.103 e. The van der Waals surface area contributed by atoms with Crippen LogP contribution in [0.3, 0.4) is 0 Å². The lowest BCUT2D eigenvalue weighted by Gasteiger charge is -2.19. The van der Waals surface area contributed by atoms with Crippen molar-refractivity contribution in [2.24, 2.45) is 4.99 Å². The topological polar surface area (TPSA) is 39.7 Å². The second kappa shape index (κ2) is 9.06. The third kappa shape index (κ3) is 4.77. The lowest BCUT2D eigenvalue weighted by molar-refractivity contribution is 0.313. The van der Waals surface area contributed by atoms with Crippen molar-refractivity contribution < 1.29 is 0 Å². The predicted molar refractivity (Wildman–Crippen MR) is 113 cm³/mol. The minimum absolute atomic E-state index is 0.163. The second-order valence-electron chi connectivity index (χ2n) is 6.48. The van der Waals surface area contributed by atoms with Crippen LogP contribution in [0.25, 0.3) is 0 Å². The number of anilines is 2. The van der Waals surface area contributed by atoms with Crippen LogP contribution in [-0.2, 0) is 0 Å². The highest BCUT2D eigenvalue weighted by Crippen LogP contribution is 2.32. The van der Waals surface area contributed by atoms with Gasteiger partial charge >= 0.3 is 0 Å². The number of nitrogens with zero attached hydrogens (tertiary/aromatic N) is 2. The monoisotopic (exact) mass is 370 g/mol. The third-order valence-corrected chi connectivity index (χ3v) is 5.07. The van der Waals surface area contributed by atoms with Gasteiger partial charge in [0, 0.05) is 18.0 Å². The lowest BCUT2D eigenvalue weighted by Crippen LogP contribution is -2.26. The Hall–Kier alpha value is -2.04. The number of para-hydroxylation sites is 2. The minimum Gasteiger partial charge on any atom is -0.376 e. The number of fused-ring (bicyclic) bond motifs is 1. The summed E-state index contributed by atoms with van der Waals surface area (Å²) < 4.78 is 0. The zero-order valence-electron chi connectivity index (χ0n) is 15.5. The molecule has 4 nitrogen and oxygen atoms in total. The number of likely N-dealkylation sites (N-methyl/N-ethyl adjacent to an activating group) is 1. The maximum absolute atomic E-state index is 6.06. The highest BCUT2D eigenvalue weighted by molar-refractivity contribution is 6.30. The Morgan fingerprint density at radius 3 is 2.42 bits per heavy atom. The summed E-state index contributed by atoms with van der Waals surface area (Å²) in [5, 5.41) is 7.93. The van der Waals surface area contributed by atoms with Crippen molar-refractivity contribution in [3.05, 3.63) is 59.1 Å². The number of hydrogen-bond acceptors (Lipinski definition) is 3. The summed E-state index contributed by atoms with van der Waals surface area (Å²) in [7, 11) is 0. The van der Waals surface area contributed by atoms with Crippen molar-refractivity contribution in [1.82, 2.24) is 4.90 Å². The van der Waals surface area contributed by atoms with Gasteiger partial charge in [0.2, 0.25) is 0 Å². The molecule has 2 aromatic carbocycles. The molecule has 0 saturated heterocycles. The third-order valence-electron chi connectivity index (χ3n) is 4.82. The molecule has 1 atom stereocenters. The normalized spacial score (nSPS) is 18.2. The average molecular weight is 371 g/mol. The van der Waals surface area contributed by atoms with Crippen molar-refractivity contribution in [3.8, 4) is 0 Å². The molecule has 5 heteroatoms. The van der Waals surface area contributed by atoms with E-state index in [9.17, 15) is 0 Å². The van der Waals surface area contributed by atoms with Crippen LogP contribution in [0.15, 0.2) is 53.5 Å². The van der Waals surface area contributed by atoms with Gasteiger partial charge in [-0.25, -0.2) is 0 Å². The van der Waals surface area contributed by atoms with Crippen LogP contribution < -0.4 is 10.6 Å².